The number of benzene rings is 3. The summed E-state index contributed by atoms with van der Waals surface area (Å²) in [5.74, 6) is -0.0951. The van der Waals surface area contributed by atoms with Crippen molar-refractivity contribution >= 4 is 28.7 Å². The van der Waals surface area contributed by atoms with Crippen molar-refractivity contribution in [1.29, 1.82) is 0 Å². The van der Waals surface area contributed by atoms with Crippen molar-refractivity contribution in [3.63, 3.8) is 0 Å². The Kier molecular flexibility index (Phi) is 6.50. The van der Waals surface area contributed by atoms with Crippen LogP contribution in [-0.2, 0) is 0 Å². The first-order chi connectivity index (χ1) is 16.0. The molecule has 0 atom stereocenters. The summed E-state index contributed by atoms with van der Waals surface area (Å²) in [6.45, 7) is 0. The minimum Gasteiger partial charge on any atom is -0.493 e. The van der Waals surface area contributed by atoms with Gasteiger partial charge in [-0.05, 0) is 72.9 Å². The zero-order valence-corrected chi connectivity index (χ0v) is 18.6. The molecule has 1 aromatic heterocycles. The molecule has 0 saturated heterocycles. The third-order valence-electron chi connectivity index (χ3n) is 4.84. The molecular weight excluding hydrogens is 446 g/mol. The van der Waals surface area contributed by atoms with E-state index < -0.39 is 11.6 Å². The Morgan fingerprint density at radius 2 is 1.64 bits per heavy atom. The minimum absolute atomic E-state index is 0.0877. The van der Waals surface area contributed by atoms with Gasteiger partial charge in [-0.2, -0.15) is 5.10 Å². The van der Waals surface area contributed by atoms with E-state index in [-0.39, 0.29) is 10.8 Å². The lowest BCUT2D eigenvalue weighted by molar-refractivity contribution is 0.355. The van der Waals surface area contributed by atoms with E-state index in [0.717, 1.165) is 29.1 Å². The highest BCUT2D eigenvalue weighted by Crippen LogP contribution is 2.31. The molecule has 3 aromatic carbocycles. The summed E-state index contributed by atoms with van der Waals surface area (Å²) in [6.07, 6.45) is 1.86. The van der Waals surface area contributed by atoms with E-state index in [1.54, 1.807) is 18.9 Å². The van der Waals surface area contributed by atoms with Gasteiger partial charge in [0.15, 0.2) is 16.6 Å². The Morgan fingerprint density at radius 3 is 2.33 bits per heavy atom. The van der Waals surface area contributed by atoms with Crippen molar-refractivity contribution in [2.45, 2.75) is 0 Å². The summed E-state index contributed by atoms with van der Waals surface area (Å²) < 4.78 is 39.2. The molecule has 2 N–H and O–H groups in total. The number of ether oxygens (including phenoxy) is 2. The molecule has 0 spiro atoms. The molecule has 0 saturated carbocycles. The topological polar surface area (TPSA) is 60.3 Å². The maximum absolute atomic E-state index is 13.8. The molecule has 1 heterocycles. The molecule has 4 rings (SSSR count). The van der Waals surface area contributed by atoms with Gasteiger partial charge in [-0.3, -0.25) is 0 Å². The summed E-state index contributed by atoms with van der Waals surface area (Å²) >= 11 is 5.21. The number of halogens is 2. The normalized spacial score (nSPS) is 10.5. The van der Waals surface area contributed by atoms with E-state index in [9.17, 15) is 8.78 Å². The first kappa shape index (κ1) is 22.2. The fourth-order valence-electron chi connectivity index (χ4n) is 3.19. The summed E-state index contributed by atoms with van der Waals surface area (Å²) in [7, 11) is 3.18. The number of nitrogens with zero attached hydrogens (tertiary/aromatic N) is 2. The molecule has 33 heavy (non-hydrogen) atoms. The Morgan fingerprint density at radius 1 is 0.879 bits per heavy atom. The average molecular weight is 467 g/mol. The zero-order chi connectivity index (χ0) is 23.4. The summed E-state index contributed by atoms with van der Waals surface area (Å²) in [5, 5.41) is 10.5. The standard InChI is InChI=1S/C24H20F2N4O2S/c1-31-22-10-3-15(13-23(22)32-2)20-11-12-30(29-20)18-7-5-17(6-8-18)27-24(33)28-21-9-4-16(25)14-19(21)26/h3-14H,1-2H3,(H2,27,28,33). The van der Waals surface area contributed by atoms with Crippen LogP contribution in [0.3, 0.4) is 0 Å². The van der Waals surface area contributed by atoms with E-state index in [2.05, 4.69) is 15.7 Å². The predicted octanol–water partition coefficient (Wildman–Crippen LogP) is 5.64. The molecule has 0 amide bonds. The third-order valence-corrected chi connectivity index (χ3v) is 5.04. The zero-order valence-electron chi connectivity index (χ0n) is 17.8. The maximum Gasteiger partial charge on any atom is 0.175 e. The largest absolute Gasteiger partial charge is 0.493 e. The molecule has 0 unspecified atom stereocenters. The van der Waals surface area contributed by atoms with Crippen LogP contribution in [0.25, 0.3) is 16.9 Å². The van der Waals surface area contributed by atoms with Gasteiger partial charge in [-0.15, -0.1) is 0 Å². The second kappa shape index (κ2) is 9.66. The van der Waals surface area contributed by atoms with E-state index in [1.807, 2.05) is 54.7 Å². The van der Waals surface area contributed by atoms with E-state index in [0.29, 0.717) is 17.2 Å². The van der Waals surface area contributed by atoms with Crippen molar-refractivity contribution in [2.75, 3.05) is 24.9 Å². The minimum atomic E-state index is -0.724. The van der Waals surface area contributed by atoms with Crippen LogP contribution >= 0.6 is 12.2 Å². The van der Waals surface area contributed by atoms with Gasteiger partial charge in [0.05, 0.1) is 31.3 Å². The van der Waals surface area contributed by atoms with Gasteiger partial charge in [-0.1, -0.05) is 0 Å². The van der Waals surface area contributed by atoms with E-state index in [4.69, 9.17) is 21.7 Å². The Bertz CT molecular complexity index is 1290. The van der Waals surface area contributed by atoms with Crippen molar-refractivity contribution < 1.29 is 18.3 Å². The van der Waals surface area contributed by atoms with Gasteiger partial charge < -0.3 is 20.1 Å². The molecule has 0 bridgehead atoms. The highest BCUT2D eigenvalue weighted by Gasteiger charge is 2.10. The molecule has 0 aliphatic carbocycles. The SMILES string of the molecule is COc1ccc(-c2ccn(-c3ccc(NC(=S)Nc4ccc(F)cc4F)cc3)n2)cc1OC. The smallest absolute Gasteiger partial charge is 0.175 e. The van der Waals surface area contributed by atoms with Gasteiger partial charge in [-0.25, -0.2) is 13.5 Å². The van der Waals surface area contributed by atoms with Crippen LogP contribution in [0, 0.1) is 11.6 Å². The second-order valence-corrected chi connectivity index (χ2v) is 7.37. The van der Waals surface area contributed by atoms with Gasteiger partial charge in [0, 0.05) is 23.5 Å². The van der Waals surface area contributed by atoms with Crippen molar-refractivity contribution in [1.82, 2.24) is 9.78 Å². The summed E-state index contributed by atoms with van der Waals surface area (Å²) in [6, 6.07) is 18.1. The monoisotopic (exact) mass is 466 g/mol. The third kappa shape index (κ3) is 5.09. The van der Waals surface area contributed by atoms with Crippen LogP contribution in [0.1, 0.15) is 0 Å². The fraction of sp³-hybridized carbons (Fsp3) is 0.0833. The number of methoxy groups -OCH3 is 2. The Hall–Kier alpha value is -3.98. The molecule has 9 heteroatoms. The number of anilines is 2. The molecule has 168 valence electrons. The molecule has 4 aromatic rings. The fourth-order valence-corrected chi connectivity index (χ4v) is 3.42. The van der Waals surface area contributed by atoms with Crippen molar-refractivity contribution in [3.05, 3.63) is 84.6 Å². The maximum atomic E-state index is 13.8. The average Bonchev–Trinajstić information content (AvgIpc) is 3.31. The van der Waals surface area contributed by atoms with Crippen LogP contribution in [-0.4, -0.2) is 29.1 Å². The number of hydrogen-bond donors (Lipinski definition) is 2. The number of aromatic nitrogens is 2. The number of hydrogen-bond acceptors (Lipinski definition) is 4. The van der Waals surface area contributed by atoms with Crippen LogP contribution in [0.2, 0.25) is 0 Å². The number of rotatable bonds is 6. The van der Waals surface area contributed by atoms with Gasteiger partial charge >= 0.3 is 0 Å². The number of thiocarbonyl (C=S) groups is 1. The second-order valence-electron chi connectivity index (χ2n) is 6.97. The summed E-state index contributed by atoms with van der Waals surface area (Å²) in [4.78, 5) is 0. The van der Waals surface area contributed by atoms with E-state index in [1.165, 1.54) is 6.07 Å². The van der Waals surface area contributed by atoms with Crippen molar-refractivity contribution in [2.24, 2.45) is 0 Å². The van der Waals surface area contributed by atoms with Gasteiger partial charge in [0.25, 0.3) is 0 Å². The van der Waals surface area contributed by atoms with Gasteiger partial charge in [0.2, 0.25) is 0 Å². The predicted molar refractivity (Wildman–Crippen MR) is 128 cm³/mol. The quantitative estimate of drug-likeness (QED) is 0.359. The molecule has 0 aliphatic heterocycles. The van der Waals surface area contributed by atoms with E-state index >= 15 is 0 Å². The van der Waals surface area contributed by atoms with Crippen LogP contribution in [0.5, 0.6) is 11.5 Å². The lowest BCUT2D eigenvalue weighted by Gasteiger charge is -2.12. The highest BCUT2D eigenvalue weighted by atomic mass is 32.1. The highest BCUT2D eigenvalue weighted by molar-refractivity contribution is 7.80. The Labute approximate surface area is 194 Å². The van der Waals surface area contributed by atoms with Crippen LogP contribution in [0.4, 0.5) is 20.2 Å². The van der Waals surface area contributed by atoms with Crippen LogP contribution < -0.4 is 20.1 Å². The van der Waals surface area contributed by atoms with Crippen molar-refractivity contribution in [3.8, 4) is 28.4 Å². The molecule has 0 radical (unpaired) electrons. The summed E-state index contributed by atoms with van der Waals surface area (Å²) in [5.41, 5.74) is 3.31. The number of nitrogens with one attached hydrogen (secondary N) is 2. The molecule has 6 nitrogen and oxygen atoms in total. The molecule has 0 fully saturated rings. The molecule has 0 aliphatic rings. The first-order valence-corrected chi connectivity index (χ1v) is 10.3. The molecular formula is C24H20F2N4O2S. The lowest BCUT2D eigenvalue weighted by Crippen LogP contribution is -2.19. The Balaban J connectivity index is 1.44. The first-order valence-electron chi connectivity index (χ1n) is 9.88. The van der Waals surface area contributed by atoms with Crippen LogP contribution in [0.15, 0.2) is 72.9 Å². The lowest BCUT2D eigenvalue weighted by atomic mass is 10.1. The van der Waals surface area contributed by atoms with Gasteiger partial charge in [0.1, 0.15) is 11.6 Å².